The minimum Gasteiger partial charge on any atom is -0.213 e. The Kier molecular flexibility index (Phi) is 3.17. The standard InChI is InChI=1S/C27H25N3/c1-17(2)24-28-25(18-11-6-5-7-12-18)30-26(29-24)21-15-10-14-20-19-13-8-9-16-22(19)27(3,4)23(20)21/h5-17H,1-4H3/i5D,6D,7D,11D,12D. The lowest BCUT2D eigenvalue weighted by Crippen LogP contribution is -2.17. The molecule has 1 aliphatic rings. The average molecular weight is 397 g/mol. The first kappa shape index (κ1) is 13.8. The second-order valence-electron chi connectivity index (χ2n) is 8.39. The Hall–Kier alpha value is -3.33. The van der Waals surface area contributed by atoms with Gasteiger partial charge in [-0.1, -0.05) is 100 Å². The van der Waals surface area contributed by atoms with Crippen molar-refractivity contribution in [2.24, 2.45) is 0 Å². The van der Waals surface area contributed by atoms with Crippen LogP contribution >= 0.6 is 0 Å². The molecule has 3 aromatic carbocycles. The van der Waals surface area contributed by atoms with E-state index >= 15 is 0 Å². The van der Waals surface area contributed by atoms with Crippen LogP contribution in [0.2, 0.25) is 0 Å². The van der Waals surface area contributed by atoms with Gasteiger partial charge in [-0.05, 0) is 22.3 Å². The molecule has 0 saturated carbocycles. The highest BCUT2D eigenvalue weighted by Crippen LogP contribution is 2.51. The van der Waals surface area contributed by atoms with Crippen LogP contribution in [0.15, 0.2) is 72.7 Å². The van der Waals surface area contributed by atoms with E-state index in [1.807, 2.05) is 38.1 Å². The zero-order valence-corrected chi connectivity index (χ0v) is 17.5. The Morgan fingerprint density at radius 2 is 1.43 bits per heavy atom. The van der Waals surface area contributed by atoms with Gasteiger partial charge < -0.3 is 0 Å². The van der Waals surface area contributed by atoms with Crippen LogP contribution in [0.4, 0.5) is 0 Å². The summed E-state index contributed by atoms with van der Waals surface area (Å²) in [5.41, 5.74) is 5.18. The van der Waals surface area contributed by atoms with E-state index in [2.05, 4.69) is 37.0 Å². The van der Waals surface area contributed by atoms with Crippen molar-refractivity contribution in [3.05, 3.63) is 89.6 Å². The molecule has 1 aromatic heterocycles. The highest BCUT2D eigenvalue weighted by atomic mass is 15.0. The molecule has 0 radical (unpaired) electrons. The zero-order chi connectivity index (χ0) is 25.2. The maximum atomic E-state index is 8.43. The third kappa shape index (κ3) is 2.85. The number of hydrogen-bond acceptors (Lipinski definition) is 3. The summed E-state index contributed by atoms with van der Waals surface area (Å²) in [7, 11) is 0. The quantitative estimate of drug-likeness (QED) is 0.390. The SMILES string of the molecule is [2H]c1c([2H])c([2H])c(-c2nc(-c3cccc4c3C(C)(C)c3ccccc3-4)nc(C(C)C)n2)c([2H])c1[2H]. The monoisotopic (exact) mass is 396 g/mol. The number of fused-ring (bicyclic) bond motifs is 3. The largest absolute Gasteiger partial charge is 0.213 e. The summed E-state index contributed by atoms with van der Waals surface area (Å²) in [6, 6.07) is 12.5. The van der Waals surface area contributed by atoms with Crippen LogP contribution in [0.5, 0.6) is 0 Å². The van der Waals surface area contributed by atoms with Gasteiger partial charge >= 0.3 is 0 Å². The molecular formula is C27H25N3. The molecule has 0 atom stereocenters. The molecule has 0 aliphatic heterocycles. The first-order chi connectivity index (χ1) is 16.5. The normalized spacial score (nSPS) is 16.2. The van der Waals surface area contributed by atoms with Gasteiger partial charge in [0, 0.05) is 22.5 Å². The number of nitrogens with zero attached hydrogens (tertiary/aromatic N) is 3. The molecule has 148 valence electrons. The lowest BCUT2D eigenvalue weighted by atomic mass is 9.80. The smallest absolute Gasteiger partial charge is 0.164 e. The van der Waals surface area contributed by atoms with Crippen molar-refractivity contribution in [2.75, 3.05) is 0 Å². The fourth-order valence-electron chi connectivity index (χ4n) is 4.28. The Morgan fingerprint density at radius 1 is 0.767 bits per heavy atom. The molecule has 5 rings (SSSR count). The summed E-state index contributed by atoms with van der Waals surface area (Å²) in [5, 5.41) is 0. The van der Waals surface area contributed by atoms with E-state index < -0.39 is 18.1 Å². The minimum atomic E-state index is -0.442. The number of aromatic nitrogens is 3. The van der Waals surface area contributed by atoms with Crippen molar-refractivity contribution in [1.29, 1.82) is 0 Å². The summed E-state index contributed by atoms with van der Waals surface area (Å²) in [4.78, 5) is 14.0. The molecule has 0 amide bonds. The van der Waals surface area contributed by atoms with Gasteiger partial charge in [0.05, 0.1) is 6.85 Å². The molecule has 3 heteroatoms. The first-order valence-corrected chi connectivity index (χ1v) is 10.1. The van der Waals surface area contributed by atoms with E-state index in [4.69, 9.17) is 16.8 Å². The predicted molar refractivity (Wildman–Crippen MR) is 122 cm³/mol. The highest BCUT2D eigenvalue weighted by molar-refractivity contribution is 5.86. The predicted octanol–water partition coefficient (Wildman–Crippen LogP) is 6.64. The molecule has 4 aromatic rings. The van der Waals surface area contributed by atoms with Crippen LogP contribution < -0.4 is 0 Å². The van der Waals surface area contributed by atoms with Crippen molar-refractivity contribution in [3.63, 3.8) is 0 Å². The minimum absolute atomic E-state index is 0.0170. The van der Waals surface area contributed by atoms with Gasteiger partial charge in [-0.2, -0.15) is 0 Å². The van der Waals surface area contributed by atoms with E-state index in [9.17, 15) is 0 Å². The number of benzene rings is 3. The van der Waals surface area contributed by atoms with E-state index in [0.717, 1.165) is 16.7 Å². The topological polar surface area (TPSA) is 38.7 Å². The highest BCUT2D eigenvalue weighted by Gasteiger charge is 2.37. The second-order valence-corrected chi connectivity index (χ2v) is 8.39. The summed E-state index contributed by atoms with van der Waals surface area (Å²) in [5.74, 6) is 0.967. The van der Waals surface area contributed by atoms with Gasteiger partial charge in [0.15, 0.2) is 11.6 Å². The molecule has 3 nitrogen and oxygen atoms in total. The van der Waals surface area contributed by atoms with E-state index in [-0.39, 0.29) is 34.8 Å². The molecule has 0 N–H and O–H groups in total. The van der Waals surface area contributed by atoms with Gasteiger partial charge in [0.2, 0.25) is 0 Å². The van der Waals surface area contributed by atoms with Gasteiger partial charge in [0.25, 0.3) is 0 Å². The van der Waals surface area contributed by atoms with Crippen LogP contribution in [-0.2, 0) is 5.41 Å². The fraction of sp³-hybridized carbons (Fsp3) is 0.222. The van der Waals surface area contributed by atoms with Gasteiger partial charge in [0.1, 0.15) is 5.82 Å². The third-order valence-electron chi connectivity index (χ3n) is 5.71. The maximum Gasteiger partial charge on any atom is 0.164 e. The summed E-state index contributed by atoms with van der Waals surface area (Å²) < 4.78 is 41.0. The Morgan fingerprint density at radius 3 is 2.20 bits per heavy atom. The first-order valence-electron chi connectivity index (χ1n) is 12.6. The Bertz CT molecular complexity index is 1480. The van der Waals surface area contributed by atoms with E-state index in [0.29, 0.717) is 11.6 Å². The fourth-order valence-corrected chi connectivity index (χ4v) is 4.28. The lowest BCUT2D eigenvalue weighted by Gasteiger charge is -2.24. The molecule has 0 fully saturated rings. The van der Waals surface area contributed by atoms with E-state index in [1.54, 1.807) is 0 Å². The van der Waals surface area contributed by atoms with Crippen molar-refractivity contribution >= 4 is 0 Å². The molecule has 1 aliphatic carbocycles. The van der Waals surface area contributed by atoms with Crippen LogP contribution in [0.3, 0.4) is 0 Å². The molecular weight excluding hydrogens is 366 g/mol. The summed E-state index contributed by atoms with van der Waals surface area (Å²) in [6.45, 7) is 8.28. The molecule has 0 spiro atoms. The van der Waals surface area contributed by atoms with Crippen molar-refractivity contribution < 1.29 is 6.85 Å². The average Bonchev–Trinajstić information content (AvgIpc) is 3.08. The molecule has 30 heavy (non-hydrogen) atoms. The van der Waals surface area contributed by atoms with Crippen LogP contribution in [-0.4, -0.2) is 15.0 Å². The third-order valence-corrected chi connectivity index (χ3v) is 5.71. The van der Waals surface area contributed by atoms with Gasteiger partial charge in [-0.3, -0.25) is 0 Å². The zero-order valence-electron chi connectivity index (χ0n) is 22.5. The summed E-state index contributed by atoms with van der Waals surface area (Å²) >= 11 is 0. The van der Waals surface area contributed by atoms with E-state index in [1.165, 1.54) is 11.1 Å². The van der Waals surface area contributed by atoms with Crippen molar-refractivity contribution in [2.45, 2.75) is 39.0 Å². The van der Waals surface area contributed by atoms with Gasteiger partial charge in [-0.25, -0.2) is 15.0 Å². The van der Waals surface area contributed by atoms with Crippen molar-refractivity contribution in [1.82, 2.24) is 15.0 Å². The lowest BCUT2D eigenvalue weighted by molar-refractivity contribution is 0.660. The van der Waals surface area contributed by atoms with Gasteiger partial charge in [-0.15, -0.1) is 0 Å². The second kappa shape index (κ2) is 6.88. The number of rotatable bonds is 3. The van der Waals surface area contributed by atoms with Crippen LogP contribution in [0.1, 0.15) is 57.4 Å². The molecule has 0 unspecified atom stereocenters. The maximum absolute atomic E-state index is 8.43. The van der Waals surface area contributed by atoms with Crippen LogP contribution in [0.25, 0.3) is 33.9 Å². The molecule has 1 heterocycles. The molecule has 0 saturated heterocycles. The Balaban J connectivity index is 1.81. The number of hydrogen-bond donors (Lipinski definition) is 0. The Labute approximate surface area is 184 Å². The van der Waals surface area contributed by atoms with Crippen molar-refractivity contribution in [3.8, 4) is 33.9 Å². The molecule has 0 bridgehead atoms. The van der Waals surface area contributed by atoms with Crippen LogP contribution in [0, 0.1) is 0 Å². The summed E-state index contributed by atoms with van der Waals surface area (Å²) in [6.07, 6.45) is 0.